The molecule has 0 fully saturated rings. The largest absolute Gasteiger partial charge is 0.383 e. The summed E-state index contributed by atoms with van der Waals surface area (Å²) in [5.41, 5.74) is 6.57. The van der Waals surface area contributed by atoms with Gasteiger partial charge in [0.1, 0.15) is 0 Å². The zero-order valence-electron chi connectivity index (χ0n) is 8.24. The minimum absolute atomic E-state index is 0.0518. The highest BCUT2D eigenvalue weighted by atomic mass is 127. The van der Waals surface area contributed by atoms with E-state index in [0.717, 1.165) is 9.26 Å². The Balaban J connectivity index is 2.79. The summed E-state index contributed by atoms with van der Waals surface area (Å²) in [6, 6.07) is 4.76. The Morgan fingerprint density at radius 1 is 1.67 bits per heavy atom. The number of nitrogens with one attached hydrogen (secondary N) is 1. The third-order valence-electron chi connectivity index (χ3n) is 1.78. The molecule has 1 aromatic carbocycles. The molecule has 0 saturated heterocycles. The predicted octanol–water partition coefficient (Wildman–Crippen LogP) is 1.96. The van der Waals surface area contributed by atoms with Crippen LogP contribution < -0.4 is 11.1 Å². The second-order valence-corrected chi connectivity index (χ2v) is 4.44. The van der Waals surface area contributed by atoms with E-state index in [4.69, 9.17) is 5.73 Å². The number of hydrogen-bond donors (Lipinski definition) is 2. The van der Waals surface area contributed by atoms with Gasteiger partial charge in [0.15, 0.2) is 0 Å². The quantitative estimate of drug-likeness (QED) is 0.505. The first-order chi connectivity index (χ1) is 7.00. The summed E-state index contributed by atoms with van der Waals surface area (Å²) in [5.74, 6) is 0. The van der Waals surface area contributed by atoms with Crippen LogP contribution in [0.4, 0.5) is 11.4 Å². The number of hydrogen-bond acceptors (Lipinski definition) is 4. The third kappa shape index (κ3) is 3.63. The maximum absolute atomic E-state index is 10.5. The van der Waals surface area contributed by atoms with Gasteiger partial charge in [0.2, 0.25) is 0 Å². The summed E-state index contributed by atoms with van der Waals surface area (Å²) in [6.07, 6.45) is 0. The first-order valence-corrected chi connectivity index (χ1v) is 5.52. The highest BCUT2D eigenvalue weighted by Gasteiger charge is 2.08. The number of nitrogens with two attached hydrogens (primary N) is 1. The fourth-order valence-corrected chi connectivity index (χ4v) is 1.72. The van der Waals surface area contributed by atoms with Gasteiger partial charge < -0.3 is 11.1 Å². The Labute approximate surface area is 101 Å². The van der Waals surface area contributed by atoms with Gasteiger partial charge in [-0.1, -0.05) is 0 Å². The SMILES string of the molecule is CC(N)CNc1ccc([N+](=O)[O-])cc1I. The van der Waals surface area contributed by atoms with Crippen LogP contribution in [0.5, 0.6) is 0 Å². The molecule has 1 unspecified atom stereocenters. The van der Waals surface area contributed by atoms with E-state index in [1.807, 2.05) is 6.92 Å². The second-order valence-electron chi connectivity index (χ2n) is 3.28. The molecule has 0 aliphatic rings. The molecule has 1 atom stereocenters. The van der Waals surface area contributed by atoms with Gasteiger partial charge in [-0.25, -0.2) is 0 Å². The van der Waals surface area contributed by atoms with E-state index in [2.05, 4.69) is 27.9 Å². The van der Waals surface area contributed by atoms with Crippen LogP contribution in [0, 0.1) is 13.7 Å². The first kappa shape index (κ1) is 12.2. The Hall–Kier alpha value is -0.890. The van der Waals surface area contributed by atoms with Gasteiger partial charge in [0, 0.05) is 34.0 Å². The fraction of sp³-hybridized carbons (Fsp3) is 0.333. The molecule has 0 aliphatic heterocycles. The molecule has 0 amide bonds. The fourth-order valence-electron chi connectivity index (χ4n) is 1.03. The average Bonchev–Trinajstić information content (AvgIpc) is 2.15. The molecule has 15 heavy (non-hydrogen) atoms. The molecule has 1 rings (SSSR count). The lowest BCUT2D eigenvalue weighted by molar-refractivity contribution is -0.384. The molecule has 3 N–H and O–H groups in total. The zero-order chi connectivity index (χ0) is 11.4. The minimum atomic E-state index is -0.405. The lowest BCUT2D eigenvalue weighted by atomic mass is 10.2. The van der Waals surface area contributed by atoms with Crippen LogP contribution in [0.1, 0.15) is 6.92 Å². The number of nitro groups is 1. The van der Waals surface area contributed by atoms with Crippen LogP contribution >= 0.6 is 22.6 Å². The normalized spacial score (nSPS) is 12.2. The van der Waals surface area contributed by atoms with Crippen LogP contribution in [0.25, 0.3) is 0 Å². The van der Waals surface area contributed by atoms with Crippen molar-refractivity contribution in [3.05, 3.63) is 31.9 Å². The van der Waals surface area contributed by atoms with Crippen LogP contribution in [0.15, 0.2) is 18.2 Å². The van der Waals surface area contributed by atoms with Gasteiger partial charge in [-0.2, -0.15) is 0 Å². The molecule has 82 valence electrons. The standard InChI is InChI=1S/C9H12IN3O2/c1-6(11)5-12-9-3-2-7(13(14)15)4-8(9)10/h2-4,6,12H,5,11H2,1H3. The van der Waals surface area contributed by atoms with Crippen molar-refractivity contribution >= 4 is 34.0 Å². The van der Waals surface area contributed by atoms with Gasteiger partial charge in [0.25, 0.3) is 5.69 Å². The highest BCUT2D eigenvalue weighted by Crippen LogP contribution is 2.23. The monoisotopic (exact) mass is 321 g/mol. The van der Waals surface area contributed by atoms with Crippen molar-refractivity contribution in [3.63, 3.8) is 0 Å². The molecular weight excluding hydrogens is 309 g/mol. The molecule has 0 aliphatic carbocycles. The Bertz CT molecular complexity index is 368. The van der Waals surface area contributed by atoms with E-state index in [0.29, 0.717) is 6.54 Å². The Morgan fingerprint density at radius 2 is 2.33 bits per heavy atom. The number of nitro benzene ring substituents is 1. The van der Waals surface area contributed by atoms with Crippen LogP contribution in [0.3, 0.4) is 0 Å². The summed E-state index contributed by atoms with van der Waals surface area (Å²) in [7, 11) is 0. The topological polar surface area (TPSA) is 81.2 Å². The molecule has 5 nitrogen and oxygen atoms in total. The van der Waals surface area contributed by atoms with E-state index < -0.39 is 4.92 Å². The number of rotatable bonds is 4. The van der Waals surface area contributed by atoms with Gasteiger partial charge in [-0.15, -0.1) is 0 Å². The number of halogens is 1. The summed E-state index contributed by atoms with van der Waals surface area (Å²) in [4.78, 5) is 10.1. The van der Waals surface area contributed by atoms with Gasteiger partial charge in [-0.05, 0) is 35.6 Å². The first-order valence-electron chi connectivity index (χ1n) is 4.44. The van der Waals surface area contributed by atoms with Crippen molar-refractivity contribution in [2.45, 2.75) is 13.0 Å². The number of anilines is 1. The average molecular weight is 321 g/mol. The van der Waals surface area contributed by atoms with E-state index in [1.54, 1.807) is 6.07 Å². The maximum atomic E-state index is 10.5. The van der Waals surface area contributed by atoms with Crippen molar-refractivity contribution in [2.24, 2.45) is 5.73 Å². The number of non-ortho nitro benzene ring substituents is 1. The molecule has 1 aromatic rings. The Morgan fingerprint density at radius 3 is 2.80 bits per heavy atom. The molecule has 0 aromatic heterocycles. The molecule has 0 saturated carbocycles. The number of nitrogens with zero attached hydrogens (tertiary/aromatic N) is 1. The lowest BCUT2D eigenvalue weighted by Crippen LogP contribution is -2.25. The molecular formula is C9H12IN3O2. The second kappa shape index (κ2) is 5.26. The van der Waals surface area contributed by atoms with Crippen molar-refractivity contribution in [3.8, 4) is 0 Å². The zero-order valence-corrected chi connectivity index (χ0v) is 10.4. The van der Waals surface area contributed by atoms with Crippen LogP contribution in [-0.4, -0.2) is 17.5 Å². The van der Waals surface area contributed by atoms with Gasteiger partial charge >= 0.3 is 0 Å². The minimum Gasteiger partial charge on any atom is -0.383 e. The van der Waals surface area contributed by atoms with E-state index in [9.17, 15) is 10.1 Å². The van der Waals surface area contributed by atoms with Crippen LogP contribution in [-0.2, 0) is 0 Å². The highest BCUT2D eigenvalue weighted by molar-refractivity contribution is 14.1. The maximum Gasteiger partial charge on any atom is 0.270 e. The van der Waals surface area contributed by atoms with Crippen LogP contribution in [0.2, 0.25) is 0 Å². The number of benzene rings is 1. The van der Waals surface area contributed by atoms with Crippen molar-refractivity contribution < 1.29 is 4.92 Å². The molecule has 0 radical (unpaired) electrons. The Kier molecular flexibility index (Phi) is 4.28. The molecule has 0 bridgehead atoms. The van der Waals surface area contributed by atoms with Crippen molar-refractivity contribution in [2.75, 3.05) is 11.9 Å². The van der Waals surface area contributed by atoms with Gasteiger partial charge in [0.05, 0.1) is 4.92 Å². The van der Waals surface area contributed by atoms with Crippen molar-refractivity contribution in [1.29, 1.82) is 0 Å². The molecule has 0 spiro atoms. The smallest absolute Gasteiger partial charge is 0.270 e. The van der Waals surface area contributed by atoms with E-state index >= 15 is 0 Å². The van der Waals surface area contributed by atoms with E-state index in [-0.39, 0.29) is 11.7 Å². The summed E-state index contributed by atoms with van der Waals surface area (Å²) < 4.78 is 0.822. The summed E-state index contributed by atoms with van der Waals surface area (Å²) in [6.45, 7) is 2.54. The van der Waals surface area contributed by atoms with Crippen molar-refractivity contribution in [1.82, 2.24) is 0 Å². The van der Waals surface area contributed by atoms with Gasteiger partial charge in [-0.3, -0.25) is 10.1 Å². The predicted molar refractivity (Wildman–Crippen MR) is 68.0 cm³/mol. The third-order valence-corrected chi connectivity index (χ3v) is 2.67. The molecule has 6 heteroatoms. The molecule has 0 heterocycles. The summed E-state index contributed by atoms with van der Waals surface area (Å²) in [5, 5.41) is 13.6. The summed E-state index contributed by atoms with van der Waals surface area (Å²) >= 11 is 2.06. The lowest BCUT2D eigenvalue weighted by Gasteiger charge is -2.10. The van der Waals surface area contributed by atoms with E-state index in [1.165, 1.54) is 12.1 Å².